The predicted octanol–water partition coefficient (Wildman–Crippen LogP) is 5.62. The van der Waals surface area contributed by atoms with Gasteiger partial charge in [0.2, 0.25) is 5.91 Å². The average Bonchev–Trinajstić information content (AvgIpc) is 3.34. The number of aromatic nitrogens is 3. The zero-order chi connectivity index (χ0) is 21.5. The maximum Gasteiger partial charge on any atom is 0.416 e. The fraction of sp³-hybridized carbons (Fsp3) is 0.182. The minimum Gasteiger partial charge on any atom is -0.359 e. The first-order valence-corrected chi connectivity index (χ1v) is 9.33. The highest BCUT2D eigenvalue weighted by Crippen LogP contribution is 2.32. The van der Waals surface area contributed by atoms with E-state index in [1.165, 1.54) is 13.0 Å². The summed E-state index contributed by atoms with van der Waals surface area (Å²) in [7, 11) is 0. The monoisotopic (exact) mass is 412 g/mol. The van der Waals surface area contributed by atoms with Crippen molar-refractivity contribution in [3.05, 3.63) is 72.2 Å². The van der Waals surface area contributed by atoms with Crippen LogP contribution in [0, 0.1) is 0 Å². The number of carbonyl (C=O) groups is 1. The number of H-pyrrole nitrogens is 1. The third-order valence-corrected chi connectivity index (χ3v) is 5.02. The summed E-state index contributed by atoms with van der Waals surface area (Å²) in [5.41, 5.74) is 3.12. The van der Waals surface area contributed by atoms with Crippen LogP contribution in [0.3, 0.4) is 0 Å². The Morgan fingerprint density at radius 2 is 1.97 bits per heavy atom. The minimum absolute atomic E-state index is 0.163. The molecule has 4 aromatic rings. The van der Waals surface area contributed by atoms with Gasteiger partial charge in [-0.15, -0.1) is 0 Å². The molecule has 2 aromatic heterocycles. The van der Waals surface area contributed by atoms with Crippen molar-refractivity contribution in [2.24, 2.45) is 0 Å². The number of halogens is 3. The number of hydrogen-bond acceptors (Lipinski definition) is 2. The molecule has 0 aliphatic carbocycles. The molecular formula is C22H19F3N4O. The third kappa shape index (κ3) is 3.80. The van der Waals surface area contributed by atoms with Crippen molar-refractivity contribution < 1.29 is 18.0 Å². The van der Waals surface area contributed by atoms with Gasteiger partial charge in [-0.25, -0.2) is 0 Å². The number of amides is 1. The Morgan fingerprint density at radius 3 is 2.70 bits per heavy atom. The summed E-state index contributed by atoms with van der Waals surface area (Å²) in [4.78, 5) is 14.5. The van der Waals surface area contributed by atoms with Gasteiger partial charge in [-0.05, 0) is 42.3 Å². The van der Waals surface area contributed by atoms with E-state index < -0.39 is 11.7 Å². The van der Waals surface area contributed by atoms with Gasteiger partial charge in [0.25, 0.3) is 0 Å². The summed E-state index contributed by atoms with van der Waals surface area (Å²) in [5.74, 6) is -0.163. The first-order valence-electron chi connectivity index (χ1n) is 9.33. The van der Waals surface area contributed by atoms with Crippen molar-refractivity contribution in [2.75, 3.05) is 5.32 Å². The lowest BCUT2D eigenvalue weighted by Gasteiger charge is -2.15. The van der Waals surface area contributed by atoms with E-state index in [1.54, 1.807) is 36.3 Å². The molecule has 30 heavy (non-hydrogen) atoms. The molecule has 0 fully saturated rings. The van der Waals surface area contributed by atoms with Crippen molar-refractivity contribution in [3.63, 3.8) is 0 Å². The predicted molar refractivity (Wildman–Crippen MR) is 109 cm³/mol. The molecule has 4 rings (SSSR count). The molecule has 1 unspecified atom stereocenters. The van der Waals surface area contributed by atoms with Crippen LogP contribution in [-0.2, 0) is 11.0 Å². The van der Waals surface area contributed by atoms with E-state index in [1.807, 2.05) is 18.2 Å². The Morgan fingerprint density at radius 1 is 1.17 bits per heavy atom. The number of rotatable bonds is 4. The van der Waals surface area contributed by atoms with Crippen LogP contribution < -0.4 is 5.32 Å². The molecule has 154 valence electrons. The molecule has 8 heteroatoms. The van der Waals surface area contributed by atoms with Crippen LogP contribution in [-0.4, -0.2) is 20.7 Å². The van der Waals surface area contributed by atoms with E-state index >= 15 is 0 Å². The quantitative estimate of drug-likeness (QED) is 0.457. The minimum atomic E-state index is -4.39. The van der Waals surface area contributed by atoms with Gasteiger partial charge in [-0.2, -0.15) is 18.3 Å². The highest BCUT2D eigenvalue weighted by Gasteiger charge is 2.30. The number of fused-ring (bicyclic) bond motifs is 1. The van der Waals surface area contributed by atoms with E-state index in [2.05, 4.69) is 15.4 Å². The van der Waals surface area contributed by atoms with Crippen LogP contribution in [0.25, 0.3) is 22.0 Å². The van der Waals surface area contributed by atoms with Gasteiger partial charge in [0.15, 0.2) is 0 Å². The molecule has 0 saturated heterocycles. The molecule has 0 aliphatic rings. The van der Waals surface area contributed by atoms with E-state index in [-0.39, 0.29) is 11.9 Å². The highest BCUT2D eigenvalue weighted by atomic mass is 19.4. The van der Waals surface area contributed by atoms with Gasteiger partial charge in [-0.1, -0.05) is 18.2 Å². The standard InChI is InChI=1S/C22H19F3N4O/c1-13(15-4-3-5-18(8-15)22(23,24)25)29-12-17(10-27-29)16-6-7-20-19(9-16)21(11-26-20)28-14(2)30/h3-13,26H,1-2H3,(H,28,30). The second kappa shape index (κ2) is 7.37. The highest BCUT2D eigenvalue weighted by molar-refractivity contribution is 6.02. The number of alkyl halides is 3. The maximum absolute atomic E-state index is 13.0. The summed E-state index contributed by atoms with van der Waals surface area (Å²) in [6, 6.07) is 10.7. The Bertz CT molecular complexity index is 1220. The number of benzene rings is 2. The summed E-state index contributed by atoms with van der Waals surface area (Å²) in [5, 5.41) is 8.01. The molecule has 5 nitrogen and oxygen atoms in total. The Kier molecular flexibility index (Phi) is 4.85. The number of aromatic amines is 1. The summed E-state index contributed by atoms with van der Waals surface area (Å²) < 4.78 is 40.7. The van der Waals surface area contributed by atoms with Crippen molar-refractivity contribution in [3.8, 4) is 11.1 Å². The summed E-state index contributed by atoms with van der Waals surface area (Å²) in [6.07, 6.45) is 0.824. The Hall–Kier alpha value is -3.55. The number of carbonyl (C=O) groups excluding carboxylic acids is 1. The zero-order valence-corrected chi connectivity index (χ0v) is 16.3. The lowest BCUT2D eigenvalue weighted by atomic mass is 10.0. The Labute approximate surface area is 170 Å². The average molecular weight is 412 g/mol. The van der Waals surface area contributed by atoms with Crippen LogP contribution in [0.2, 0.25) is 0 Å². The summed E-state index contributed by atoms with van der Waals surface area (Å²) in [6.45, 7) is 3.25. The van der Waals surface area contributed by atoms with Gasteiger partial charge in [0.05, 0.1) is 23.5 Å². The van der Waals surface area contributed by atoms with Crippen LogP contribution in [0.4, 0.5) is 18.9 Å². The number of nitrogens with one attached hydrogen (secondary N) is 2. The van der Waals surface area contributed by atoms with Crippen LogP contribution in [0.5, 0.6) is 0 Å². The van der Waals surface area contributed by atoms with Gasteiger partial charge in [0.1, 0.15) is 0 Å². The largest absolute Gasteiger partial charge is 0.416 e. The fourth-order valence-electron chi connectivity index (χ4n) is 3.42. The van der Waals surface area contributed by atoms with Gasteiger partial charge < -0.3 is 10.3 Å². The van der Waals surface area contributed by atoms with Crippen LogP contribution >= 0.6 is 0 Å². The van der Waals surface area contributed by atoms with Gasteiger partial charge in [-0.3, -0.25) is 9.48 Å². The molecule has 2 aromatic carbocycles. The molecule has 1 amide bonds. The van der Waals surface area contributed by atoms with E-state index in [0.717, 1.165) is 34.2 Å². The molecule has 2 heterocycles. The van der Waals surface area contributed by atoms with Crippen LogP contribution in [0.1, 0.15) is 31.0 Å². The zero-order valence-electron chi connectivity index (χ0n) is 16.3. The maximum atomic E-state index is 13.0. The summed E-state index contributed by atoms with van der Waals surface area (Å²) >= 11 is 0. The fourth-order valence-corrected chi connectivity index (χ4v) is 3.42. The molecule has 2 N–H and O–H groups in total. The second-order valence-corrected chi connectivity index (χ2v) is 7.15. The lowest BCUT2D eigenvalue weighted by Crippen LogP contribution is -2.10. The normalized spacial score (nSPS) is 12.8. The van der Waals surface area contributed by atoms with Crippen molar-refractivity contribution in [2.45, 2.75) is 26.1 Å². The van der Waals surface area contributed by atoms with Gasteiger partial charge in [0, 0.05) is 35.8 Å². The number of hydrogen-bond donors (Lipinski definition) is 2. The van der Waals surface area contributed by atoms with Crippen molar-refractivity contribution in [1.82, 2.24) is 14.8 Å². The first-order chi connectivity index (χ1) is 14.2. The van der Waals surface area contributed by atoms with E-state index in [9.17, 15) is 18.0 Å². The molecule has 0 aliphatic heterocycles. The molecule has 0 saturated carbocycles. The molecule has 0 bridgehead atoms. The number of anilines is 1. The van der Waals surface area contributed by atoms with Gasteiger partial charge >= 0.3 is 6.18 Å². The smallest absolute Gasteiger partial charge is 0.359 e. The van der Waals surface area contributed by atoms with Crippen molar-refractivity contribution in [1.29, 1.82) is 0 Å². The Balaban J connectivity index is 1.65. The lowest BCUT2D eigenvalue weighted by molar-refractivity contribution is -0.137. The molecule has 0 radical (unpaired) electrons. The second-order valence-electron chi connectivity index (χ2n) is 7.15. The number of nitrogens with zero attached hydrogens (tertiary/aromatic N) is 2. The van der Waals surface area contributed by atoms with E-state index in [0.29, 0.717) is 11.3 Å². The molecule has 1 atom stereocenters. The van der Waals surface area contributed by atoms with Crippen molar-refractivity contribution >= 4 is 22.5 Å². The van der Waals surface area contributed by atoms with Crippen LogP contribution in [0.15, 0.2) is 61.1 Å². The molecule has 0 spiro atoms. The third-order valence-electron chi connectivity index (χ3n) is 5.02. The first kappa shape index (κ1) is 19.8. The molecular weight excluding hydrogens is 393 g/mol. The topological polar surface area (TPSA) is 62.7 Å². The van der Waals surface area contributed by atoms with E-state index in [4.69, 9.17) is 0 Å². The SMILES string of the molecule is CC(=O)Nc1c[nH]c2ccc(-c3cnn(C(C)c4cccc(C(F)(F)F)c4)c3)cc12.